The van der Waals surface area contributed by atoms with E-state index in [1.807, 2.05) is 11.9 Å². The van der Waals surface area contributed by atoms with Gasteiger partial charge in [-0.15, -0.1) is 0 Å². The van der Waals surface area contributed by atoms with Crippen LogP contribution in [0.3, 0.4) is 0 Å². The number of carbonyl (C=O) groups is 1. The second-order valence-electron chi connectivity index (χ2n) is 4.86. The van der Waals surface area contributed by atoms with Crippen LogP contribution in [0.15, 0.2) is 24.3 Å². The first-order valence-corrected chi connectivity index (χ1v) is 6.54. The molecule has 1 aromatic carbocycles. The van der Waals surface area contributed by atoms with Crippen molar-refractivity contribution in [3.05, 3.63) is 29.8 Å². The molecule has 108 valence electrons. The van der Waals surface area contributed by atoms with Gasteiger partial charge in [-0.25, -0.2) is 0 Å². The second-order valence-corrected chi connectivity index (χ2v) is 4.86. The van der Waals surface area contributed by atoms with Crippen LogP contribution < -0.4 is 4.74 Å². The standard InChI is InChI=1S/C15H21N3O2/c1-17(2)15(19)12-18(3)9-4-10-20-14-7-5-13(11-16)6-8-14/h5-8H,4,9-10,12H2,1-3H3. The summed E-state index contributed by atoms with van der Waals surface area (Å²) in [4.78, 5) is 15.1. The average Bonchev–Trinajstić information content (AvgIpc) is 2.44. The summed E-state index contributed by atoms with van der Waals surface area (Å²) in [6, 6.07) is 9.11. The Morgan fingerprint density at radius 1 is 1.25 bits per heavy atom. The Bertz CT molecular complexity index is 463. The van der Waals surface area contributed by atoms with Crippen molar-refractivity contribution in [3.8, 4) is 11.8 Å². The molecule has 0 spiro atoms. The van der Waals surface area contributed by atoms with Gasteiger partial charge in [0.05, 0.1) is 24.8 Å². The Labute approximate surface area is 120 Å². The Morgan fingerprint density at radius 2 is 1.90 bits per heavy atom. The fourth-order valence-corrected chi connectivity index (χ4v) is 1.60. The number of amides is 1. The van der Waals surface area contributed by atoms with Crippen LogP contribution in [0.1, 0.15) is 12.0 Å². The molecule has 5 heteroatoms. The number of rotatable bonds is 7. The number of benzene rings is 1. The highest BCUT2D eigenvalue weighted by Gasteiger charge is 2.07. The van der Waals surface area contributed by atoms with Gasteiger partial charge in [-0.2, -0.15) is 5.26 Å². The Hall–Kier alpha value is -2.06. The topological polar surface area (TPSA) is 56.6 Å². The fourth-order valence-electron chi connectivity index (χ4n) is 1.60. The lowest BCUT2D eigenvalue weighted by atomic mass is 10.2. The van der Waals surface area contributed by atoms with Crippen molar-refractivity contribution < 1.29 is 9.53 Å². The SMILES string of the molecule is CN(CCCOc1ccc(C#N)cc1)CC(=O)N(C)C. The summed E-state index contributed by atoms with van der Waals surface area (Å²) in [5.74, 6) is 0.858. The highest BCUT2D eigenvalue weighted by Crippen LogP contribution is 2.11. The van der Waals surface area contributed by atoms with Crippen molar-refractivity contribution >= 4 is 5.91 Å². The third kappa shape index (κ3) is 5.72. The number of nitrogens with zero attached hydrogens (tertiary/aromatic N) is 3. The van der Waals surface area contributed by atoms with E-state index in [0.717, 1.165) is 18.7 Å². The average molecular weight is 275 g/mol. The van der Waals surface area contributed by atoms with Crippen molar-refractivity contribution in [2.45, 2.75) is 6.42 Å². The third-order valence-corrected chi connectivity index (χ3v) is 2.84. The third-order valence-electron chi connectivity index (χ3n) is 2.84. The van der Waals surface area contributed by atoms with Crippen LogP contribution in [0.25, 0.3) is 0 Å². The van der Waals surface area contributed by atoms with E-state index in [9.17, 15) is 4.79 Å². The molecule has 0 atom stereocenters. The summed E-state index contributed by atoms with van der Waals surface area (Å²) in [5.41, 5.74) is 0.624. The molecule has 0 aliphatic carbocycles. The van der Waals surface area contributed by atoms with E-state index in [0.29, 0.717) is 18.7 Å². The molecule has 1 aromatic rings. The van der Waals surface area contributed by atoms with Gasteiger partial charge in [-0.1, -0.05) is 0 Å². The van der Waals surface area contributed by atoms with Crippen molar-refractivity contribution in [2.75, 3.05) is 40.8 Å². The van der Waals surface area contributed by atoms with Crippen LogP contribution in [-0.2, 0) is 4.79 Å². The summed E-state index contributed by atoms with van der Waals surface area (Å²) >= 11 is 0. The van der Waals surface area contributed by atoms with Gasteiger partial charge in [0.1, 0.15) is 5.75 Å². The number of likely N-dealkylation sites (N-methyl/N-ethyl adjacent to an activating group) is 2. The molecule has 1 amide bonds. The van der Waals surface area contributed by atoms with Crippen molar-refractivity contribution in [1.29, 1.82) is 5.26 Å². The minimum atomic E-state index is 0.0977. The minimum Gasteiger partial charge on any atom is -0.494 e. The molecule has 0 aromatic heterocycles. The van der Waals surface area contributed by atoms with Gasteiger partial charge in [0.2, 0.25) is 5.91 Å². The molecule has 0 unspecified atom stereocenters. The molecule has 0 aliphatic heterocycles. The van der Waals surface area contributed by atoms with Gasteiger partial charge in [-0.05, 0) is 37.7 Å². The molecule has 0 fully saturated rings. The fraction of sp³-hybridized carbons (Fsp3) is 0.467. The zero-order valence-electron chi connectivity index (χ0n) is 12.3. The summed E-state index contributed by atoms with van der Waals surface area (Å²) in [7, 11) is 5.43. The van der Waals surface area contributed by atoms with Crippen molar-refractivity contribution in [2.24, 2.45) is 0 Å². The number of hydrogen-bond donors (Lipinski definition) is 0. The molecule has 0 radical (unpaired) electrons. The number of nitriles is 1. The van der Waals surface area contributed by atoms with Crippen LogP contribution in [0, 0.1) is 11.3 Å². The second kappa shape index (κ2) is 8.18. The van der Waals surface area contributed by atoms with Gasteiger partial charge >= 0.3 is 0 Å². The molecule has 1 rings (SSSR count). The van der Waals surface area contributed by atoms with Crippen LogP contribution in [0.5, 0.6) is 5.75 Å². The molecule has 5 nitrogen and oxygen atoms in total. The molecule has 20 heavy (non-hydrogen) atoms. The summed E-state index contributed by atoms with van der Waals surface area (Å²) in [6.07, 6.45) is 0.844. The maximum atomic E-state index is 11.5. The van der Waals surface area contributed by atoms with Crippen molar-refractivity contribution in [3.63, 3.8) is 0 Å². The molecule has 0 N–H and O–H groups in total. The van der Waals surface area contributed by atoms with Crippen LogP contribution in [-0.4, -0.2) is 56.5 Å². The Kier molecular flexibility index (Phi) is 6.54. The van der Waals surface area contributed by atoms with Gasteiger partial charge in [0.15, 0.2) is 0 Å². The van der Waals surface area contributed by atoms with Gasteiger partial charge < -0.3 is 9.64 Å². The lowest BCUT2D eigenvalue weighted by Gasteiger charge is -2.18. The van der Waals surface area contributed by atoms with E-state index in [1.54, 1.807) is 43.3 Å². The quantitative estimate of drug-likeness (QED) is 0.705. The summed E-state index contributed by atoms with van der Waals surface area (Å²) < 4.78 is 5.58. The maximum Gasteiger partial charge on any atom is 0.236 e. The summed E-state index contributed by atoms with van der Waals surface area (Å²) in [6.45, 7) is 1.81. The molecular formula is C15H21N3O2. The van der Waals surface area contributed by atoms with Gasteiger partial charge in [-0.3, -0.25) is 9.69 Å². The zero-order chi connectivity index (χ0) is 15.0. The first-order valence-electron chi connectivity index (χ1n) is 6.54. The molecule has 0 aliphatic rings. The molecular weight excluding hydrogens is 254 g/mol. The van der Waals surface area contributed by atoms with E-state index in [1.165, 1.54) is 0 Å². The van der Waals surface area contributed by atoms with E-state index in [2.05, 4.69) is 6.07 Å². The predicted molar refractivity (Wildman–Crippen MR) is 77.5 cm³/mol. The van der Waals surface area contributed by atoms with E-state index in [-0.39, 0.29) is 5.91 Å². The first-order chi connectivity index (χ1) is 9.52. The molecule has 0 heterocycles. The predicted octanol–water partition coefficient (Wildman–Crippen LogP) is 1.35. The summed E-state index contributed by atoms with van der Waals surface area (Å²) in [5, 5.41) is 8.69. The van der Waals surface area contributed by atoms with Crippen LogP contribution >= 0.6 is 0 Å². The lowest BCUT2D eigenvalue weighted by Crippen LogP contribution is -2.35. The van der Waals surface area contributed by atoms with Crippen LogP contribution in [0.4, 0.5) is 0 Å². The van der Waals surface area contributed by atoms with E-state index in [4.69, 9.17) is 10.00 Å². The van der Waals surface area contributed by atoms with E-state index >= 15 is 0 Å². The molecule has 0 saturated heterocycles. The largest absolute Gasteiger partial charge is 0.494 e. The maximum absolute atomic E-state index is 11.5. The first kappa shape index (κ1) is 16.0. The van der Waals surface area contributed by atoms with Gasteiger partial charge in [0, 0.05) is 20.6 Å². The molecule has 0 bridgehead atoms. The van der Waals surface area contributed by atoms with Crippen molar-refractivity contribution in [1.82, 2.24) is 9.80 Å². The number of carbonyl (C=O) groups excluding carboxylic acids is 1. The zero-order valence-corrected chi connectivity index (χ0v) is 12.3. The lowest BCUT2D eigenvalue weighted by molar-refractivity contribution is -0.129. The van der Waals surface area contributed by atoms with Gasteiger partial charge in [0.25, 0.3) is 0 Å². The number of ether oxygens (including phenoxy) is 1. The smallest absolute Gasteiger partial charge is 0.236 e. The Morgan fingerprint density at radius 3 is 2.45 bits per heavy atom. The monoisotopic (exact) mass is 275 g/mol. The molecule has 0 saturated carbocycles. The van der Waals surface area contributed by atoms with Crippen LogP contribution in [0.2, 0.25) is 0 Å². The Balaban J connectivity index is 2.21. The minimum absolute atomic E-state index is 0.0977. The highest BCUT2D eigenvalue weighted by molar-refractivity contribution is 5.77. The number of hydrogen-bond acceptors (Lipinski definition) is 4. The normalized spacial score (nSPS) is 10.2. The highest BCUT2D eigenvalue weighted by atomic mass is 16.5. The van der Waals surface area contributed by atoms with E-state index < -0.39 is 0 Å².